The van der Waals surface area contributed by atoms with Gasteiger partial charge >= 0.3 is 0 Å². The van der Waals surface area contributed by atoms with Crippen LogP contribution in [0.25, 0.3) is 0 Å². The van der Waals surface area contributed by atoms with Crippen molar-refractivity contribution in [3.63, 3.8) is 0 Å². The van der Waals surface area contributed by atoms with Crippen LogP contribution in [0.15, 0.2) is 0 Å². The molecular formula is C12H27NO. The maximum atomic E-state index is 10.2. The summed E-state index contributed by atoms with van der Waals surface area (Å²) in [5.74, 6) is 0.399. The molecule has 0 saturated heterocycles. The molecule has 0 fully saturated rings. The smallest absolute Gasteiger partial charge is 0.0657 e. The van der Waals surface area contributed by atoms with Gasteiger partial charge in [0.05, 0.1) is 5.60 Å². The molecule has 2 heteroatoms. The molecule has 2 N–H and O–H groups in total. The van der Waals surface area contributed by atoms with Crippen LogP contribution in [0.2, 0.25) is 0 Å². The minimum absolute atomic E-state index is 0.399. The molecular weight excluding hydrogens is 174 g/mol. The van der Waals surface area contributed by atoms with Crippen molar-refractivity contribution in [3.05, 3.63) is 0 Å². The Labute approximate surface area is 89.1 Å². The predicted octanol–water partition coefficient (Wildman–Crippen LogP) is 2.56. The molecule has 0 bridgehead atoms. The molecule has 0 saturated carbocycles. The highest BCUT2D eigenvalue weighted by molar-refractivity contribution is 4.79. The minimum Gasteiger partial charge on any atom is -0.390 e. The molecule has 0 aliphatic heterocycles. The molecule has 2 atom stereocenters. The van der Waals surface area contributed by atoms with E-state index in [0.717, 1.165) is 38.8 Å². The summed E-state index contributed by atoms with van der Waals surface area (Å²) in [6, 6.07) is 0. The molecule has 0 amide bonds. The van der Waals surface area contributed by atoms with Gasteiger partial charge in [-0.3, -0.25) is 0 Å². The first kappa shape index (κ1) is 13.9. The fourth-order valence-corrected chi connectivity index (χ4v) is 1.63. The second kappa shape index (κ2) is 7.24. The Morgan fingerprint density at radius 2 is 1.86 bits per heavy atom. The van der Waals surface area contributed by atoms with Crippen molar-refractivity contribution in [2.75, 3.05) is 13.1 Å². The molecule has 14 heavy (non-hydrogen) atoms. The topological polar surface area (TPSA) is 32.3 Å². The van der Waals surface area contributed by atoms with Crippen molar-refractivity contribution in [3.8, 4) is 0 Å². The molecule has 0 radical (unpaired) electrons. The van der Waals surface area contributed by atoms with Crippen LogP contribution in [0.4, 0.5) is 0 Å². The van der Waals surface area contributed by atoms with Gasteiger partial charge in [-0.2, -0.15) is 0 Å². The molecule has 0 rings (SSSR count). The lowest BCUT2D eigenvalue weighted by atomic mass is 9.85. The molecule has 2 unspecified atom stereocenters. The molecule has 86 valence electrons. The average Bonchev–Trinajstić information content (AvgIpc) is 2.13. The van der Waals surface area contributed by atoms with Crippen LogP contribution in [0, 0.1) is 5.92 Å². The molecule has 0 heterocycles. The van der Waals surface area contributed by atoms with E-state index in [-0.39, 0.29) is 0 Å². The number of rotatable bonds is 8. The van der Waals surface area contributed by atoms with E-state index in [0.29, 0.717) is 5.92 Å². The lowest BCUT2D eigenvalue weighted by molar-refractivity contribution is -0.00469. The molecule has 0 aromatic rings. The first-order chi connectivity index (χ1) is 6.54. The summed E-state index contributed by atoms with van der Waals surface area (Å²) < 4.78 is 0. The van der Waals surface area contributed by atoms with Crippen LogP contribution < -0.4 is 5.32 Å². The third-order valence-electron chi connectivity index (χ3n) is 3.02. The van der Waals surface area contributed by atoms with Crippen LogP contribution in [0.3, 0.4) is 0 Å². The van der Waals surface area contributed by atoms with Gasteiger partial charge in [-0.15, -0.1) is 0 Å². The molecule has 0 aliphatic carbocycles. The summed E-state index contributed by atoms with van der Waals surface area (Å²) in [5.41, 5.74) is -0.503. The summed E-state index contributed by atoms with van der Waals surface area (Å²) in [4.78, 5) is 0. The normalized spacial score (nSPS) is 17.8. The summed E-state index contributed by atoms with van der Waals surface area (Å²) in [6.45, 7) is 10.4. The van der Waals surface area contributed by atoms with E-state index < -0.39 is 5.60 Å². The highest BCUT2D eigenvalue weighted by atomic mass is 16.3. The third-order valence-corrected chi connectivity index (χ3v) is 3.02. The first-order valence-corrected chi connectivity index (χ1v) is 5.97. The van der Waals surface area contributed by atoms with Crippen LogP contribution in [0.5, 0.6) is 0 Å². The molecule has 0 aromatic heterocycles. The summed E-state index contributed by atoms with van der Waals surface area (Å²) in [6.07, 6.45) is 4.28. The van der Waals surface area contributed by atoms with E-state index >= 15 is 0 Å². The van der Waals surface area contributed by atoms with Crippen molar-refractivity contribution < 1.29 is 5.11 Å². The predicted molar refractivity (Wildman–Crippen MR) is 62.5 cm³/mol. The van der Waals surface area contributed by atoms with E-state index in [1.807, 2.05) is 6.92 Å². The van der Waals surface area contributed by atoms with Gasteiger partial charge in [-0.1, -0.05) is 27.2 Å². The van der Waals surface area contributed by atoms with E-state index in [1.165, 1.54) is 0 Å². The third kappa shape index (κ3) is 5.61. The number of hydrogen-bond acceptors (Lipinski definition) is 2. The van der Waals surface area contributed by atoms with Crippen molar-refractivity contribution in [1.82, 2.24) is 5.32 Å². The Bertz CT molecular complexity index is 134. The second-order valence-corrected chi connectivity index (χ2v) is 4.55. The Hall–Kier alpha value is -0.0800. The fourth-order valence-electron chi connectivity index (χ4n) is 1.63. The van der Waals surface area contributed by atoms with Gasteiger partial charge in [-0.25, -0.2) is 0 Å². The van der Waals surface area contributed by atoms with Crippen LogP contribution in [-0.2, 0) is 0 Å². The SMILES string of the molecule is CCCNCCC(C)(O)C(C)CCC. The fraction of sp³-hybridized carbons (Fsp3) is 1.00. The van der Waals surface area contributed by atoms with Crippen molar-refractivity contribution in [2.24, 2.45) is 5.92 Å². The Morgan fingerprint density at radius 3 is 2.36 bits per heavy atom. The number of hydrogen-bond donors (Lipinski definition) is 2. The van der Waals surface area contributed by atoms with Gasteiger partial charge in [0.2, 0.25) is 0 Å². The maximum absolute atomic E-state index is 10.2. The number of nitrogens with one attached hydrogen (secondary N) is 1. The largest absolute Gasteiger partial charge is 0.390 e. The van der Waals surface area contributed by atoms with Crippen LogP contribution in [0.1, 0.15) is 53.4 Å². The lowest BCUT2D eigenvalue weighted by Crippen LogP contribution is -2.36. The first-order valence-electron chi connectivity index (χ1n) is 5.97. The second-order valence-electron chi connectivity index (χ2n) is 4.55. The van der Waals surface area contributed by atoms with Gasteiger partial charge < -0.3 is 10.4 Å². The zero-order chi connectivity index (χ0) is 11.0. The standard InChI is InChI=1S/C12H27NO/c1-5-7-11(3)12(4,14)8-10-13-9-6-2/h11,13-14H,5-10H2,1-4H3. The summed E-state index contributed by atoms with van der Waals surface area (Å²) in [7, 11) is 0. The average molecular weight is 201 g/mol. The lowest BCUT2D eigenvalue weighted by Gasteiger charge is -2.30. The minimum atomic E-state index is -0.503. The van der Waals surface area contributed by atoms with Gasteiger partial charge in [0, 0.05) is 0 Å². The van der Waals surface area contributed by atoms with Gasteiger partial charge in [0.1, 0.15) is 0 Å². The van der Waals surface area contributed by atoms with Crippen LogP contribution in [-0.4, -0.2) is 23.8 Å². The maximum Gasteiger partial charge on any atom is 0.0657 e. The van der Waals surface area contributed by atoms with Crippen molar-refractivity contribution >= 4 is 0 Å². The Morgan fingerprint density at radius 1 is 1.21 bits per heavy atom. The van der Waals surface area contributed by atoms with Gasteiger partial charge in [0.15, 0.2) is 0 Å². The quantitative estimate of drug-likeness (QED) is 0.592. The zero-order valence-electron chi connectivity index (χ0n) is 10.3. The van der Waals surface area contributed by atoms with E-state index in [9.17, 15) is 5.11 Å². The molecule has 0 spiro atoms. The summed E-state index contributed by atoms with van der Waals surface area (Å²) >= 11 is 0. The van der Waals surface area contributed by atoms with Crippen molar-refractivity contribution in [2.45, 2.75) is 59.0 Å². The summed E-state index contributed by atoms with van der Waals surface area (Å²) in [5, 5.41) is 13.5. The highest BCUT2D eigenvalue weighted by Crippen LogP contribution is 2.24. The Kier molecular flexibility index (Phi) is 7.20. The number of aliphatic hydroxyl groups is 1. The van der Waals surface area contributed by atoms with E-state index in [1.54, 1.807) is 0 Å². The highest BCUT2D eigenvalue weighted by Gasteiger charge is 2.26. The van der Waals surface area contributed by atoms with Crippen LogP contribution >= 0.6 is 0 Å². The monoisotopic (exact) mass is 201 g/mol. The molecule has 0 aromatic carbocycles. The van der Waals surface area contributed by atoms with Crippen molar-refractivity contribution in [1.29, 1.82) is 0 Å². The zero-order valence-corrected chi connectivity index (χ0v) is 10.3. The van der Waals surface area contributed by atoms with Gasteiger partial charge in [0.25, 0.3) is 0 Å². The van der Waals surface area contributed by atoms with E-state index in [2.05, 4.69) is 26.1 Å². The van der Waals surface area contributed by atoms with E-state index in [4.69, 9.17) is 0 Å². The Balaban J connectivity index is 3.69. The molecule has 2 nitrogen and oxygen atoms in total. The van der Waals surface area contributed by atoms with Gasteiger partial charge in [-0.05, 0) is 45.2 Å². The molecule has 0 aliphatic rings.